The fourth-order valence-corrected chi connectivity index (χ4v) is 2.18. The lowest BCUT2D eigenvalue weighted by molar-refractivity contribution is -0.129. The molecular weight excluding hydrogens is 275 g/mol. The maximum atomic E-state index is 13.0. The second-order valence-corrected chi connectivity index (χ2v) is 5.19. The van der Waals surface area contributed by atoms with E-state index in [1.54, 1.807) is 12.1 Å². The summed E-state index contributed by atoms with van der Waals surface area (Å²) < 4.78 is 23.9. The van der Waals surface area contributed by atoms with Crippen molar-refractivity contribution in [3.05, 3.63) is 30.1 Å². The van der Waals surface area contributed by atoms with E-state index in [0.717, 1.165) is 0 Å². The molecule has 0 aromatic heterocycles. The number of carbonyl (C=O) groups is 1. The molecule has 0 bridgehead atoms. The summed E-state index contributed by atoms with van der Waals surface area (Å²) >= 11 is 0. The third-order valence-corrected chi connectivity index (χ3v) is 3.28. The fraction of sp³-hybridized carbons (Fsp3) is 0.533. The van der Waals surface area contributed by atoms with Crippen LogP contribution in [0.4, 0.5) is 4.39 Å². The van der Waals surface area contributed by atoms with Crippen molar-refractivity contribution >= 4 is 5.91 Å². The van der Waals surface area contributed by atoms with E-state index >= 15 is 0 Å². The Hall–Kier alpha value is -1.66. The summed E-state index contributed by atoms with van der Waals surface area (Å²) in [6.07, 6.45) is -0.157. The molecule has 2 rings (SSSR count). The highest BCUT2D eigenvalue weighted by Gasteiger charge is 2.28. The minimum Gasteiger partial charge on any atom is -0.491 e. The van der Waals surface area contributed by atoms with Crippen molar-refractivity contribution in [3.8, 4) is 5.75 Å². The van der Waals surface area contributed by atoms with Crippen LogP contribution >= 0.6 is 0 Å². The summed E-state index contributed by atoms with van der Waals surface area (Å²) in [7, 11) is 0. The first kappa shape index (κ1) is 15.7. The molecule has 6 heteroatoms. The van der Waals surface area contributed by atoms with Crippen LogP contribution in [0.1, 0.15) is 13.8 Å². The van der Waals surface area contributed by atoms with E-state index in [9.17, 15) is 9.18 Å². The van der Waals surface area contributed by atoms with E-state index in [-0.39, 0.29) is 36.5 Å². The van der Waals surface area contributed by atoms with Crippen LogP contribution in [-0.4, -0.2) is 43.9 Å². The van der Waals surface area contributed by atoms with Crippen molar-refractivity contribution in [3.63, 3.8) is 0 Å². The lowest BCUT2D eigenvalue weighted by Crippen LogP contribution is -2.57. The largest absolute Gasteiger partial charge is 0.491 e. The Balaban J connectivity index is 1.78. The standard InChI is InChI=1S/C15H21FN2O3/c1-10(9-21-13-5-3-4-12(16)8-13)18-15(19)14-11(2)20-7-6-17-14/h3-5,8,10-11,14,17H,6-7,9H2,1-2H3,(H,18,19)/t10?,11-,14+/m1/s1. The summed E-state index contributed by atoms with van der Waals surface area (Å²) in [5.41, 5.74) is 0. The van der Waals surface area contributed by atoms with E-state index in [4.69, 9.17) is 9.47 Å². The van der Waals surface area contributed by atoms with E-state index in [2.05, 4.69) is 10.6 Å². The minimum absolute atomic E-state index is 0.113. The van der Waals surface area contributed by atoms with Gasteiger partial charge in [-0.3, -0.25) is 4.79 Å². The van der Waals surface area contributed by atoms with Gasteiger partial charge in [-0.1, -0.05) is 6.07 Å². The third-order valence-electron chi connectivity index (χ3n) is 3.28. The normalized spacial score (nSPS) is 23.4. The molecule has 1 unspecified atom stereocenters. The molecule has 0 aliphatic carbocycles. The molecule has 1 fully saturated rings. The van der Waals surface area contributed by atoms with Gasteiger partial charge in [0.2, 0.25) is 5.91 Å². The Labute approximate surface area is 123 Å². The Bertz CT molecular complexity index is 484. The second kappa shape index (κ2) is 7.38. The van der Waals surface area contributed by atoms with Gasteiger partial charge < -0.3 is 20.1 Å². The summed E-state index contributed by atoms with van der Waals surface area (Å²) in [6.45, 7) is 5.26. The molecule has 1 saturated heterocycles. The van der Waals surface area contributed by atoms with Crippen LogP contribution in [0.25, 0.3) is 0 Å². The number of morpholine rings is 1. The maximum Gasteiger partial charge on any atom is 0.240 e. The Kier molecular flexibility index (Phi) is 5.52. The molecule has 0 saturated carbocycles. The molecular formula is C15H21FN2O3. The van der Waals surface area contributed by atoms with Crippen LogP contribution in [0, 0.1) is 5.82 Å². The molecule has 1 amide bonds. The molecule has 116 valence electrons. The summed E-state index contributed by atoms with van der Waals surface area (Å²) in [5.74, 6) is -0.0114. The molecule has 0 radical (unpaired) electrons. The average molecular weight is 296 g/mol. The van der Waals surface area contributed by atoms with Gasteiger partial charge >= 0.3 is 0 Å². The van der Waals surface area contributed by atoms with Gasteiger partial charge in [0.15, 0.2) is 0 Å². The highest BCUT2D eigenvalue weighted by Crippen LogP contribution is 2.12. The van der Waals surface area contributed by atoms with Crippen LogP contribution in [0.2, 0.25) is 0 Å². The Morgan fingerprint density at radius 1 is 1.62 bits per heavy atom. The molecule has 1 aromatic rings. The number of ether oxygens (including phenoxy) is 2. The van der Waals surface area contributed by atoms with E-state index in [1.807, 2.05) is 13.8 Å². The fourth-order valence-electron chi connectivity index (χ4n) is 2.18. The third kappa shape index (κ3) is 4.68. The lowest BCUT2D eigenvalue weighted by Gasteiger charge is -2.30. The first-order chi connectivity index (χ1) is 10.1. The zero-order valence-electron chi connectivity index (χ0n) is 12.3. The number of hydrogen-bond acceptors (Lipinski definition) is 4. The highest BCUT2D eigenvalue weighted by molar-refractivity contribution is 5.82. The Morgan fingerprint density at radius 3 is 3.14 bits per heavy atom. The van der Waals surface area contributed by atoms with Gasteiger partial charge in [-0.15, -0.1) is 0 Å². The minimum atomic E-state index is -0.352. The van der Waals surface area contributed by atoms with E-state index < -0.39 is 0 Å². The maximum absolute atomic E-state index is 13.0. The zero-order chi connectivity index (χ0) is 15.2. The number of halogens is 1. The van der Waals surface area contributed by atoms with Crippen LogP contribution in [0.5, 0.6) is 5.75 Å². The van der Waals surface area contributed by atoms with Gasteiger partial charge in [-0.05, 0) is 26.0 Å². The first-order valence-corrected chi connectivity index (χ1v) is 7.10. The second-order valence-electron chi connectivity index (χ2n) is 5.19. The van der Waals surface area contributed by atoms with Crippen LogP contribution in [0.15, 0.2) is 24.3 Å². The van der Waals surface area contributed by atoms with Gasteiger partial charge in [0, 0.05) is 12.6 Å². The summed E-state index contributed by atoms with van der Waals surface area (Å²) in [5, 5.41) is 5.99. The topological polar surface area (TPSA) is 59.6 Å². The molecule has 3 atom stereocenters. The van der Waals surface area contributed by atoms with Crippen molar-refractivity contribution < 1.29 is 18.7 Å². The molecule has 5 nitrogen and oxygen atoms in total. The molecule has 1 aliphatic rings. The molecule has 21 heavy (non-hydrogen) atoms. The van der Waals surface area contributed by atoms with Gasteiger partial charge in [0.25, 0.3) is 0 Å². The van der Waals surface area contributed by atoms with Crippen molar-refractivity contribution in [1.29, 1.82) is 0 Å². The van der Waals surface area contributed by atoms with Crippen molar-refractivity contribution in [2.24, 2.45) is 0 Å². The van der Waals surface area contributed by atoms with Crippen LogP contribution in [0.3, 0.4) is 0 Å². The smallest absolute Gasteiger partial charge is 0.240 e. The van der Waals surface area contributed by atoms with Crippen molar-refractivity contribution in [2.75, 3.05) is 19.8 Å². The molecule has 1 aromatic carbocycles. The number of rotatable bonds is 5. The first-order valence-electron chi connectivity index (χ1n) is 7.10. The predicted octanol–water partition coefficient (Wildman–Crippen LogP) is 1.09. The molecule has 0 spiro atoms. The lowest BCUT2D eigenvalue weighted by atomic mass is 10.1. The van der Waals surface area contributed by atoms with Gasteiger partial charge in [0.1, 0.15) is 24.2 Å². The molecule has 1 aliphatic heterocycles. The SMILES string of the molecule is CC(COc1cccc(F)c1)NC(=O)[C@H]1NCCO[C@@H]1C. The molecule has 2 N–H and O–H groups in total. The van der Waals surface area contributed by atoms with Gasteiger partial charge in [0.05, 0.1) is 18.8 Å². The van der Waals surface area contributed by atoms with Crippen molar-refractivity contribution in [1.82, 2.24) is 10.6 Å². The zero-order valence-corrected chi connectivity index (χ0v) is 12.3. The van der Waals surface area contributed by atoms with Crippen molar-refractivity contribution in [2.45, 2.75) is 32.0 Å². The van der Waals surface area contributed by atoms with Gasteiger partial charge in [-0.2, -0.15) is 0 Å². The number of hydrogen-bond donors (Lipinski definition) is 2. The van der Waals surface area contributed by atoms with Gasteiger partial charge in [-0.25, -0.2) is 4.39 Å². The number of benzene rings is 1. The van der Waals surface area contributed by atoms with E-state index in [1.165, 1.54) is 12.1 Å². The van der Waals surface area contributed by atoms with Crippen LogP contribution in [-0.2, 0) is 9.53 Å². The summed E-state index contributed by atoms with van der Waals surface area (Å²) in [4.78, 5) is 12.1. The monoisotopic (exact) mass is 296 g/mol. The summed E-state index contributed by atoms with van der Waals surface area (Å²) in [6, 6.07) is 5.39. The quantitative estimate of drug-likeness (QED) is 0.854. The highest BCUT2D eigenvalue weighted by atomic mass is 19.1. The number of carbonyl (C=O) groups excluding carboxylic acids is 1. The molecule has 1 heterocycles. The number of amides is 1. The average Bonchev–Trinajstić information content (AvgIpc) is 2.45. The Morgan fingerprint density at radius 2 is 2.43 bits per heavy atom. The van der Waals surface area contributed by atoms with E-state index in [0.29, 0.717) is 18.9 Å². The number of nitrogens with one attached hydrogen (secondary N) is 2. The van der Waals surface area contributed by atoms with Crippen LogP contribution < -0.4 is 15.4 Å². The predicted molar refractivity (Wildman–Crippen MR) is 76.7 cm³/mol.